The van der Waals surface area contributed by atoms with E-state index in [9.17, 15) is 4.79 Å². The van der Waals surface area contributed by atoms with Gasteiger partial charge in [-0.3, -0.25) is 0 Å². The number of nitriles is 1. The van der Waals surface area contributed by atoms with Crippen LogP contribution in [0.1, 0.15) is 12.0 Å². The van der Waals surface area contributed by atoms with Crippen LogP contribution in [0.25, 0.3) is 0 Å². The molecule has 0 atom stereocenters. The van der Waals surface area contributed by atoms with Crippen LogP contribution in [0, 0.1) is 23.7 Å². The smallest absolute Gasteiger partial charge is 0.319 e. The number of anilines is 1. The van der Waals surface area contributed by atoms with Crippen LogP contribution in [0.2, 0.25) is 0 Å². The second-order valence-electron chi connectivity index (χ2n) is 3.03. The normalized spacial score (nSPS) is 8.62. The topological polar surface area (TPSA) is 64.9 Å². The molecular formula is C12H11N3O. The van der Waals surface area contributed by atoms with E-state index in [1.54, 1.807) is 24.3 Å². The monoisotopic (exact) mass is 213 g/mol. The SMILES string of the molecule is C#CCCNC(=O)Nc1cccc(C#N)c1. The minimum absolute atomic E-state index is 0.328. The van der Waals surface area contributed by atoms with Gasteiger partial charge in [-0.25, -0.2) is 4.79 Å². The third-order valence-electron chi connectivity index (χ3n) is 1.80. The van der Waals surface area contributed by atoms with Gasteiger partial charge in [-0.2, -0.15) is 5.26 Å². The van der Waals surface area contributed by atoms with Gasteiger partial charge >= 0.3 is 6.03 Å². The first-order valence-electron chi connectivity index (χ1n) is 4.74. The summed E-state index contributed by atoms with van der Waals surface area (Å²) in [6, 6.07) is 8.35. The minimum Gasteiger partial charge on any atom is -0.337 e. The molecular weight excluding hydrogens is 202 g/mol. The molecule has 0 saturated heterocycles. The van der Waals surface area contributed by atoms with E-state index in [1.165, 1.54) is 0 Å². The number of rotatable bonds is 3. The van der Waals surface area contributed by atoms with E-state index in [4.69, 9.17) is 11.7 Å². The Morgan fingerprint density at radius 3 is 3.00 bits per heavy atom. The van der Waals surface area contributed by atoms with Gasteiger partial charge in [0.15, 0.2) is 0 Å². The van der Waals surface area contributed by atoms with E-state index in [-0.39, 0.29) is 6.03 Å². The van der Waals surface area contributed by atoms with E-state index in [1.807, 2.05) is 6.07 Å². The molecule has 1 aromatic carbocycles. The predicted molar refractivity (Wildman–Crippen MR) is 61.6 cm³/mol. The summed E-state index contributed by atoms with van der Waals surface area (Å²) in [7, 11) is 0. The van der Waals surface area contributed by atoms with Crippen LogP contribution in [0.3, 0.4) is 0 Å². The van der Waals surface area contributed by atoms with Gasteiger partial charge in [-0.05, 0) is 18.2 Å². The molecule has 4 nitrogen and oxygen atoms in total. The summed E-state index contributed by atoms with van der Waals surface area (Å²) in [5, 5.41) is 13.9. The van der Waals surface area contributed by atoms with Crippen LogP contribution in [0.4, 0.5) is 10.5 Å². The second kappa shape index (κ2) is 6.10. The van der Waals surface area contributed by atoms with Crippen molar-refractivity contribution in [3.05, 3.63) is 29.8 Å². The number of nitrogens with one attached hydrogen (secondary N) is 2. The van der Waals surface area contributed by atoms with Crippen LogP contribution in [0.5, 0.6) is 0 Å². The van der Waals surface area contributed by atoms with E-state index >= 15 is 0 Å². The molecule has 0 bridgehead atoms. The Morgan fingerprint density at radius 1 is 1.50 bits per heavy atom. The second-order valence-corrected chi connectivity index (χ2v) is 3.03. The quantitative estimate of drug-likeness (QED) is 0.593. The van der Waals surface area contributed by atoms with Crippen molar-refractivity contribution >= 4 is 11.7 Å². The number of urea groups is 1. The fraction of sp³-hybridized carbons (Fsp3) is 0.167. The fourth-order valence-corrected chi connectivity index (χ4v) is 1.09. The molecule has 2 N–H and O–H groups in total. The highest BCUT2D eigenvalue weighted by atomic mass is 16.2. The summed E-state index contributed by atoms with van der Waals surface area (Å²) >= 11 is 0. The van der Waals surface area contributed by atoms with Crippen LogP contribution >= 0.6 is 0 Å². The molecule has 80 valence electrons. The van der Waals surface area contributed by atoms with Crippen molar-refractivity contribution < 1.29 is 4.79 Å². The van der Waals surface area contributed by atoms with Gasteiger partial charge in [0.1, 0.15) is 0 Å². The van der Waals surface area contributed by atoms with E-state index in [0.29, 0.717) is 24.2 Å². The molecule has 0 unspecified atom stereocenters. The Hall–Kier alpha value is -2.46. The summed E-state index contributed by atoms with van der Waals surface area (Å²) in [4.78, 5) is 11.3. The number of amides is 2. The average molecular weight is 213 g/mol. The molecule has 0 aliphatic carbocycles. The maximum Gasteiger partial charge on any atom is 0.319 e. The number of hydrogen-bond acceptors (Lipinski definition) is 2. The van der Waals surface area contributed by atoms with Crippen molar-refractivity contribution in [2.24, 2.45) is 0 Å². The molecule has 0 aromatic heterocycles. The molecule has 0 saturated carbocycles. The maximum absolute atomic E-state index is 11.3. The largest absolute Gasteiger partial charge is 0.337 e. The zero-order chi connectivity index (χ0) is 11.8. The van der Waals surface area contributed by atoms with E-state index in [2.05, 4.69) is 16.6 Å². The molecule has 2 amide bonds. The number of terminal acetylenes is 1. The molecule has 0 aliphatic heterocycles. The zero-order valence-electron chi connectivity index (χ0n) is 8.66. The first-order valence-corrected chi connectivity index (χ1v) is 4.74. The summed E-state index contributed by atoms with van der Waals surface area (Å²) in [5.74, 6) is 2.42. The number of carbonyl (C=O) groups is 1. The van der Waals surface area contributed by atoms with Crippen molar-refractivity contribution in [3.63, 3.8) is 0 Å². The lowest BCUT2D eigenvalue weighted by atomic mass is 10.2. The number of benzene rings is 1. The van der Waals surface area contributed by atoms with Crippen molar-refractivity contribution in [1.82, 2.24) is 5.32 Å². The Bertz CT molecular complexity index is 454. The van der Waals surface area contributed by atoms with Gasteiger partial charge in [0, 0.05) is 18.7 Å². The highest BCUT2D eigenvalue weighted by Crippen LogP contribution is 2.09. The van der Waals surface area contributed by atoms with E-state index in [0.717, 1.165) is 0 Å². The Morgan fingerprint density at radius 2 is 2.31 bits per heavy atom. The molecule has 4 heteroatoms. The van der Waals surface area contributed by atoms with Gasteiger partial charge < -0.3 is 10.6 Å². The zero-order valence-corrected chi connectivity index (χ0v) is 8.66. The van der Waals surface area contributed by atoms with E-state index < -0.39 is 0 Å². The van der Waals surface area contributed by atoms with Crippen molar-refractivity contribution in [2.45, 2.75) is 6.42 Å². The molecule has 0 aliphatic rings. The lowest BCUT2D eigenvalue weighted by Crippen LogP contribution is -2.29. The Labute approximate surface area is 94.3 Å². The maximum atomic E-state index is 11.3. The molecule has 0 fully saturated rings. The van der Waals surface area contributed by atoms with Crippen molar-refractivity contribution in [3.8, 4) is 18.4 Å². The minimum atomic E-state index is -0.328. The molecule has 16 heavy (non-hydrogen) atoms. The first kappa shape index (κ1) is 11.6. The Kier molecular flexibility index (Phi) is 4.43. The third kappa shape index (κ3) is 3.73. The number of carbonyl (C=O) groups excluding carboxylic acids is 1. The van der Waals surface area contributed by atoms with Crippen molar-refractivity contribution in [1.29, 1.82) is 5.26 Å². The standard InChI is InChI=1S/C12H11N3O/c1-2-3-7-14-12(16)15-11-6-4-5-10(8-11)9-13/h1,4-6,8H,3,7H2,(H2,14,15,16). The lowest BCUT2D eigenvalue weighted by Gasteiger charge is -2.06. The third-order valence-corrected chi connectivity index (χ3v) is 1.80. The first-order chi connectivity index (χ1) is 7.76. The highest BCUT2D eigenvalue weighted by molar-refractivity contribution is 5.89. The lowest BCUT2D eigenvalue weighted by molar-refractivity contribution is 0.252. The van der Waals surface area contributed by atoms with Gasteiger partial charge in [0.05, 0.1) is 11.6 Å². The van der Waals surface area contributed by atoms with Gasteiger partial charge in [0.2, 0.25) is 0 Å². The predicted octanol–water partition coefficient (Wildman–Crippen LogP) is 1.70. The van der Waals surface area contributed by atoms with Crippen LogP contribution < -0.4 is 10.6 Å². The molecule has 0 radical (unpaired) electrons. The molecule has 0 spiro atoms. The average Bonchev–Trinajstić information content (AvgIpc) is 2.29. The van der Waals surface area contributed by atoms with Crippen LogP contribution in [-0.2, 0) is 0 Å². The Balaban J connectivity index is 2.50. The van der Waals surface area contributed by atoms with Crippen molar-refractivity contribution in [2.75, 3.05) is 11.9 Å². The number of hydrogen-bond donors (Lipinski definition) is 2. The molecule has 1 rings (SSSR count). The molecule has 1 aromatic rings. The summed E-state index contributed by atoms with van der Waals surface area (Å²) in [6.07, 6.45) is 5.54. The highest BCUT2D eigenvalue weighted by Gasteiger charge is 2.00. The summed E-state index contributed by atoms with van der Waals surface area (Å²) in [5.41, 5.74) is 1.08. The van der Waals surface area contributed by atoms with Gasteiger partial charge in [0.25, 0.3) is 0 Å². The molecule has 0 heterocycles. The fourth-order valence-electron chi connectivity index (χ4n) is 1.09. The number of nitrogens with zero attached hydrogens (tertiary/aromatic N) is 1. The summed E-state index contributed by atoms with van der Waals surface area (Å²) in [6.45, 7) is 0.431. The van der Waals surface area contributed by atoms with Crippen LogP contribution in [0.15, 0.2) is 24.3 Å². The van der Waals surface area contributed by atoms with Gasteiger partial charge in [-0.15, -0.1) is 12.3 Å². The van der Waals surface area contributed by atoms with Crippen LogP contribution in [-0.4, -0.2) is 12.6 Å². The van der Waals surface area contributed by atoms with Gasteiger partial charge in [-0.1, -0.05) is 6.07 Å². The summed E-state index contributed by atoms with van der Waals surface area (Å²) < 4.78 is 0.